The topological polar surface area (TPSA) is 84.3 Å². The maximum absolute atomic E-state index is 13.4. The van der Waals surface area contributed by atoms with E-state index in [9.17, 15) is 19.8 Å². The minimum absolute atomic E-state index is 0.0480. The Kier molecular flexibility index (Phi) is 5.95. The van der Waals surface area contributed by atoms with Crippen LogP contribution in [0.4, 0.5) is 4.79 Å². The summed E-state index contributed by atoms with van der Waals surface area (Å²) in [5.41, 5.74) is -0.302. The summed E-state index contributed by atoms with van der Waals surface area (Å²) >= 11 is 0. The molecular weight excluding hydrogens is 442 g/mol. The number of likely N-dealkylation sites (tertiary alicyclic amines) is 1. The number of aryl methyl sites for hydroxylation is 1. The van der Waals surface area contributed by atoms with Gasteiger partial charge in [0, 0.05) is 31.1 Å². The minimum Gasteiger partial charge on any atom is -0.508 e. The summed E-state index contributed by atoms with van der Waals surface area (Å²) in [6.07, 6.45) is 5.23. The summed E-state index contributed by atoms with van der Waals surface area (Å²) in [7, 11) is 0. The van der Waals surface area contributed by atoms with E-state index in [1.165, 1.54) is 17.7 Å². The monoisotopic (exact) mass is 483 g/mol. The summed E-state index contributed by atoms with van der Waals surface area (Å²) in [5.74, 6) is 0.806. The van der Waals surface area contributed by atoms with Gasteiger partial charge in [0.2, 0.25) is 5.91 Å². The molecule has 2 saturated heterocycles. The zero-order valence-electron chi connectivity index (χ0n) is 21.7. The fraction of sp³-hybridized carbons (Fsp3) is 0.714. The number of carbonyl (C=O) groups excluding carboxylic acids is 2. The number of piperidine rings is 1. The van der Waals surface area contributed by atoms with Crippen molar-refractivity contribution in [3.8, 4) is 5.75 Å². The summed E-state index contributed by atoms with van der Waals surface area (Å²) in [4.78, 5) is 32.3. The Morgan fingerprint density at radius 3 is 2.49 bits per heavy atom. The van der Waals surface area contributed by atoms with Gasteiger partial charge in [-0.1, -0.05) is 6.07 Å². The minimum atomic E-state index is -1.02. The lowest BCUT2D eigenvalue weighted by Crippen LogP contribution is -2.75. The SMILES string of the molecule is CCN1C(=O)CC2(CCC3(O)C(C)N(CC4CC4)CCC3(c3cc(O)ccc3C)C2)N(CC)C1=O. The molecule has 7 heteroatoms. The molecule has 0 radical (unpaired) electrons. The van der Waals surface area contributed by atoms with Crippen molar-refractivity contribution < 1.29 is 19.8 Å². The number of benzene rings is 1. The van der Waals surface area contributed by atoms with E-state index in [2.05, 4.69) is 11.8 Å². The molecule has 1 spiro atoms. The molecule has 4 unspecified atom stereocenters. The van der Waals surface area contributed by atoms with Gasteiger partial charge in [-0.2, -0.15) is 0 Å². The van der Waals surface area contributed by atoms with E-state index in [0.717, 1.165) is 36.6 Å². The van der Waals surface area contributed by atoms with E-state index in [1.54, 1.807) is 6.07 Å². The second-order valence-corrected chi connectivity index (χ2v) is 11.6. The van der Waals surface area contributed by atoms with Gasteiger partial charge in [-0.15, -0.1) is 0 Å². The Morgan fingerprint density at radius 2 is 1.83 bits per heavy atom. The first kappa shape index (κ1) is 24.6. The van der Waals surface area contributed by atoms with E-state index in [-0.39, 0.29) is 30.2 Å². The predicted octanol–water partition coefficient (Wildman–Crippen LogP) is 3.79. The lowest BCUT2D eigenvalue weighted by Gasteiger charge is -2.66. The van der Waals surface area contributed by atoms with Crippen molar-refractivity contribution in [3.05, 3.63) is 29.3 Å². The number of rotatable bonds is 5. The number of aliphatic hydroxyl groups is 1. The van der Waals surface area contributed by atoms with E-state index >= 15 is 0 Å². The molecule has 3 amide bonds. The molecule has 2 aliphatic heterocycles. The first-order chi connectivity index (χ1) is 16.6. The number of amides is 3. The fourth-order valence-corrected chi connectivity index (χ4v) is 7.77. The normalized spacial score (nSPS) is 36.1. The van der Waals surface area contributed by atoms with E-state index < -0.39 is 16.6 Å². The summed E-state index contributed by atoms with van der Waals surface area (Å²) < 4.78 is 0. The first-order valence-corrected chi connectivity index (χ1v) is 13.5. The van der Waals surface area contributed by atoms with Crippen LogP contribution in [0.25, 0.3) is 0 Å². The van der Waals surface area contributed by atoms with Crippen LogP contribution in [0, 0.1) is 12.8 Å². The number of urea groups is 1. The summed E-state index contributed by atoms with van der Waals surface area (Å²) in [6, 6.07) is 5.19. The number of nitrogens with zero attached hydrogens (tertiary/aromatic N) is 3. The lowest BCUT2D eigenvalue weighted by atomic mass is 9.49. The third-order valence-corrected chi connectivity index (χ3v) is 9.87. The van der Waals surface area contributed by atoms with E-state index in [1.807, 2.05) is 37.8 Å². The molecule has 1 aromatic rings. The lowest BCUT2D eigenvalue weighted by molar-refractivity contribution is -0.184. The van der Waals surface area contributed by atoms with Crippen LogP contribution < -0.4 is 0 Å². The predicted molar refractivity (Wildman–Crippen MR) is 134 cm³/mol. The Morgan fingerprint density at radius 1 is 1.09 bits per heavy atom. The van der Waals surface area contributed by atoms with Gasteiger partial charge < -0.3 is 15.1 Å². The first-order valence-electron chi connectivity index (χ1n) is 13.5. The maximum Gasteiger partial charge on any atom is 0.327 e. The molecule has 2 aliphatic carbocycles. The highest BCUT2D eigenvalue weighted by Gasteiger charge is 2.66. The Bertz CT molecular complexity index is 1030. The molecule has 35 heavy (non-hydrogen) atoms. The number of phenolic OH excluding ortho intramolecular Hbond substituents is 1. The highest BCUT2D eigenvalue weighted by molar-refractivity contribution is 5.98. The molecule has 5 rings (SSSR count). The number of aromatic hydroxyl groups is 1. The maximum atomic E-state index is 13.4. The van der Waals surface area contributed by atoms with Gasteiger partial charge in [-0.25, -0.2) is 4.79 Å². The van der Waals surface area contributed by atoms with Gasteiger partial charge >= 0.3 is 6.03 Å². The van der Waals surface area contributed by atoms with Crippen molar-refractivity contribution in [2.45, 2.75) is 95.2 Å². The second-order valence-electron chi connectivity index (χ2n) is 11.6. The summed E-state index contributed by atoms with van der Waals surface area (Å²) in [5, 5.41) is 23.2. The van der Waals surface area contributed by atoms with Crippen LogP contribution in [0.1, 0.15) is 76.8 Å². The molecule has 4 fully saturated rings. The molecule has 0 bridgehead atoms. The quantitative estimate of drug-likeness (QED) is 0.666. The van der Waals surface area contributed by atoms with Crippen molar-refractivity contribution in [1.82, 2.24) is 14.7 Å². The van der Waals surface area contributed by atoms with Crippen LogP contribution in [-0.4, -0.2) is 80.2 Å². The zero-order chi connectivity index (χ0) is 25.2. The van der Waals surface area contributed by atoms with Crippen molar-refractivity contribution in [3.63, 3.8) is 0 Å². The van der Waals surface area contributed by atoms with E-state index in [0.29, 0.717) is 32.4 Å². The molecule has 2 heterocycles. The number of fused-ring (bicyclic) bond motifs is 1. The van der Waals surface area contributed by atoms with Crippen molar-refractivity contribution in [2.24, 2.45) is 5.92 Å². The van der Waals surface area contributed by atoms with Crippen LogP contribution in [0.2, 0.25) is 0 Å². The molecule has 4 atom stereocenters. The van der Waals surface area contributed by atoms with Gasteiger partial charge in [0.1, 0.15) is 5.75 Å². The molecule has 192 valence electrons. The van der Waals surface area contributed by atoms with Crippen molar-refractivity contribution >= 4 is 11.9 Å². The zero-order valence-corrected chi connectivity index (χ0v) is 21.7. The van der Waals surface area contributed by atoms with Gasteiger partial charge in [-0.05, 0) is 102 Å². The number of carbonyl (C=O) groups is 2. The Hall–Kier alpha value is -2.12. The molecule has 4 aliphatic rings. The van der Waals surface area contributed by atoms with Crippen molar-refractivity contribution in [2.75, 3.05) is 26.2 Å². The number of hydrogen-bond donors (Lipinski definition) is 2. The van der Waals surface area contributed by atoms with Crippen LogP contribution >= 0.6 is 0 Å². The summed E-state index contributed by atoms with van der Waals surface area (Å²) in [6.45, 7) is 10.8. The van der Waals surface area contributed by atoms with Gasteiger partial charge in [-0.3, -0.25) is 14.6 Å². The van der Waals surface area contributed by atoms with Crippen LogP contribution in [0.3, 0.4) is 0 Å². The third kappa shape index (κ3) is 3.60. The number of imide groups is 1. The Labute approximate surface area is 209 Å². The largest absolute Gasteiger partial charge is 0.508 e. The second kappa shape index (κ2) is 8.48. The molecule has 2 saturated carbocycles. The van der Waals surface area contributed by atoms with Crippen LogP contribution in [0.5, 0.6) is 5.75 Å². The number of phenols is 1. The average Bonchev–Trinajstić information content (AvgIpc) is 3.64. The molecular formula is C28H41N3O4. The molecule has 1 aromatic carbocycles. The Balaban J connectivity index is 1.63. The van der Waals surface area contributed by atoms with Gasteiger partial charge in [0.25, 0.3) is 0 Å². The van der Waals surface area contributed by atoms with Gasteiger partial charge in [0.05, 0.1) is 17.6 Å². The standard InChI is InChI=1S/C28H41N3O4/c1-5-30-24(33)16-26(31(6-2)25(30)34)11-12-28(35)20(4)29(17-21-8-9-21)14-13-27(28,18-26)23-15-22(32)10-7-19(23)3/h7,10,15,20-21,32,35H,5-6,8-9,11-14,16-18H2,1-4H3. The third-order valence-electron chi connectivity index (χ3n) is 9.87. The van der Waals surface area contributed by atoms with E-state index in [4.69, 9.17) is 0 Å². The molecule has 2 N–H and O–H groups in total. The van der Waals surface area contributed by atoms with Gasteiger partial charge in [0.15, 0.2) is 0 Å². The molecule has 0 aromatic heterocycles. The fourth-order valence-electron chi connectivity index (χ4n) is 7.77. The van der Waals surface area contributed by atoms with Crippen molar-refractivity contribution in [1.29, 1.82) is 0 Å². The average molecular weight is 484 g/mol. The highest BCUT2D eigenvalue weighted by Crippen LogP contribution is 2.60. The van der Waals surface area contributed by atoms with Crippen LogP contribution in [-0.2, 0) is 10.2 Å². The smallest absolute Gasteiger partial charge is 0.327 e. The number of hydrogen-bond acceptors (Lipinski definition) is 5. The highest BCUT2D eigenvalue weighted by atomic mass is 16.3. The van der Waals surface area contributed by atoms with Crippen LogP contribution in [0.15, 0.2) is 18.2 Å². The molecule has 7 nitrogen and oxygen atoms in total.